The molecule has 2 fully saturated rings. The second kappa shape index (κ2) is 15.1. The molecule has 0 aliphatic carbocycles. The summed E-state index contributed by atoms with van der Waals surface area (Å²) in [5.74, 6) is 0.403. The van der Waals surface area contributed by atoms with Gasteiger partial charge in [-0.3, -0.25) is 15.5 Å². The first-order chi connectivity index (χ1) is 21.0. The highest BCUT2D eigenvalue weighted by atomic mass is 16.2. The van der Waals surface area contributed by atoms with Crippen molar-refractivity contribution < 1.29 is 4.79 Å². The minimum absolute atomic E-state index is 0.0445. The van der Waals surface area contributed by atoms with Crippen molar-refractivity contribution in [3.05, 3.63) is 107 Å². The van der Waals surface area contributed by atoms with Crippen molar-refractivity contribution >= 4 is 5.91 Å². The summed E-state index contributed by atoms with van der Waals surface area (Å²) in [6.45, 7) is 8.76. The van der Waals surface area contributed by atoms with Gasteiger partial charge in [-0.05, 0) is 55.6 Å². The van der Waals surface area contributed by atoms with Crippen molar-refractivity contribution in [2.45, 2.75) is 58.0 Å². The Balaban J connectivity index is 1.45. The van der Waals surface area contributed by atoms with Gasteiger partial charge in [-0.1, -0.05) is 98.3 Å². The number of hydrogen-bond donors (Lipinski definition) is 4. The van der Waals surface area contributed by atoms with Crippen molar-refractivity contribution in [2.24, 2.45) is 17.8 Å². The zero-order valence-electron chi connectivity index (χ0n) is 26.3. The van der Waals surface area contributed by atoms with Crippen molar-refractivity contribution in [1.82, 2.24) is 31.3 Å². The lowest BCUT2D eigenvalue weighted by Crippen LogP contribution is -2.59. The molecule has 1 amide bonds. The van der Waals surface area contributed by atoms with E-state index in [9.17, 15) is 4.79 Å². The molecule has 0 aromatic heterocycles. The number of nitrogens with zero attached hydrogens (tertiary/aromatic N) is 2. The topological polar surface area (TPSA) is 71.7 Å². The minimum Gasteiger partial charge on any atom is -0.349 e. The molecule has 5 rings (SSSR count). The monoisotopic (exact) mass is 582 g/mol. The summed E-state index contributed by atoms with van der Waals surface area (Å²) in [4.78, 5) is 16.7. The summed E-state index contributed by atoms with van der Waals surface area (Å²) in [5.41, 5.74) is 8.66. The minimum atomic E-state index is -0.113. The highest BCUT2D eigenvalue weighted by molar-refractivity contribution is 5.80. The average molecular weight is 583 g/mol. The average Bonchev–Trinajstić information content (AvgIpc) is 3.42. The van der Waals surface area contributed by atoms with Crippen LogP contribution in [0, 0.1) is 17.8 Å². The summed E-state index contributed by atoms with van der Waals surface area (Å²) in [6, 6.07) is 30.0. The molecule has 5 unspecified atom stereocenters. The van der Waals surface area contributed by atoms with E-state index in [4.69, 9.17) is 0 Å². The number of likely N-dealkylation sites (N-methyl/N-ethyl adjacent to an activating group) is 2. The number of piperidine rings is 1. The Morgan fingerprint density at radius 3 is 2.47 bits per heavy atom. The third-order valence-corrected chi connectivity index (χ3v) is 9.26. The fraction of sp³-hybridized carbons (Fsp3) is 0.472. The number of benzene rings is 3. The van der Waals surface area contributed by atoms with Crippen LogP contribution < -0.4 is 21.4 Å². The van der Waals surface area contributed by atoms with Crippen LogP contribution in [0.2, 0.25) is 0 Å². The van der Waals surface area contributed by atoms with Gasteiger partial charge in [0.1, 0.15) is 0 Å². The number of rotatable bonds is 13. The number of amides is 1. The molecule has 2 saturated heterocycles. The maximum absolute atomic E-state index is 14.4. The lowest BCUT2D eigenvalue weighted by atomic mass is 9.69. The maximum Gasteiger partial charge on any atom is 0.224 e. The fourth-order valence-electron chi connectivity index (χ4n) is 7.09. The van der Waals surface area contributed by atoms with E-state index in [0.717, 1.165) is 51.1 Å². The number of carbonyl (C=O) groups is 1. The Morgan fingerprint density at radius 1 is 1.02 bits per heavy atom. The van der Waals surface area contributed by atoms with E-state index in [0.29, 0.717) is 0 Å². The molecule has 230 valence electrons. The van der Waals surface area contributed by atoms with Crippen LogP contribution in [0.5, 0.6) is 0 Å². The van der Waals surface area contributed by atoms with E-state index in [1.54, 1.807) is 0 Å². The van der Waals surface area contributed by atoms with Crippen LogP contribution in [-0.2, 0) is 17.9 Å². The summed E-state index contributed by atoms with van der Waals surface area (Å²) < 4.78 is 0. The van der Waals surface area contributed by atoms with E-state index in [-0.39, 0.29) is 41.9 Å². The number of carbonyl (C=O) groups excluding carboxylic acids is 1. The van der Waals surface area contributed by atoms with Crippen LogP contribution in [-0.4, -0.2) is 55.7 Å². The molecule has 4 N–H and O–H groups in total. The smallest absolute Gasteiger partial charge is 0.224 e. The Bertz CT molecular complexity index is 1290. The van der Waals surface area contributed by atoms with Crippen LogP contribution in [0.3, 0.4) is 0 Å². The van der Waals surface area contributed by atoms with E-state index < -0.39 is 0 Å². The van der Waals surface area contributed by atoms with E-state index in [1.165, 1.54) is 16.7 Å². The summed E-state index contributed by atoms with van der Waals surface area (Å²) in [5, 5.41) is 13.1. The Kier molecular flexibility index (Phi) is 11.0. The van der Waals surface area contributed by atoms with Crippen molar-refractivity contribution in [2.75, 3.05) is 33.7 Å². The first-order valence-electron chi connectivity index (χ1n) is 16.1. The van der Waals surface area contributed by atoms with Gasteiger partial charge < -0.3 is 15.5 Å². The second-order valence-corrected chi connectivity index (χ2v) is 12.4. The van der Waals surface area contributed by atoms with Crippen LogP contribution in [0.4, 0.5) is 0 Å². The molecule has 3 aromatic carbocycles. The van der Waals surface area contributed by atoms with Gasteiger partial charge in [0.15, 0.2) is 0 Å². The third-order valence-electron chi connectivity index (χ3n) is 9.26. The van der Waals surface area contributed by atoms with Crippen LogP contribution >= 0.6 is 0 Å². The SMILES string of the molecule is CCCC1C(c2cccc(CN(C)CCNC)c2)NC2C(CNN2Cc2ccccc2)C1C(=O)N[C@@H](C)c1ccccc1. The number of fused-ring (bicyclic) bond motifs is 1. The van der Waals surface area contributed by atoms with Gasteiger partial charge in [-0.2, -0.15) is 0 Å². The fourth-order valence-corrected chi connectivity index (χ4v) is 7.09. The summed E-state index contributed by atoms with van der Waals surface area (Å²) >= 11 is 0. The van der Waals surface area contributed by atoms with Gasteiger partial charge in [-0.25, -0.2) is 5.01 Å². The van der Waals surface area contributed by atoms with Crippen molar-refractivity contribution in [3.8, 4) is 0 Å². The molecular formula is C36H50N6O. The molecule has 43 heavy (non-hydrogen) atoms. The van der Waals surface area contributed by atoms with E-state index in [1.807, 2.05) is 25.2 Å². The van der Waals surface area contributed by atoms with Gasteiger partial charge in [0, 0.05) is 50.6 Å². The van der Waals surface area contributed by atoms with Gasteiger partial charge in [-0.15, -0.1) is 0 Å². The molecule has 0 bridgehead atoms. The molecule has 0 saturated carbocycles. The van der Waals surface area contributed by atoms with E-state index in [2.05, 4.69) is 119 Å². The standard InChI is InChI=1S/C36H50N6O/c1-5-13-31-33(36(43)39-26(2)29-17-10-7-11-18-29)32-23-38-42(25-27-14-8-6-9-15-27)35(32)40-34(31)30-19-12-16-28(22-30)24-41(4)21-20-37-3/h6-12,14-19,22,26,31-35,37-38,40H,5,13,20-21,23-25H2,1-4H3,(H,39,43)/t26-,31?,32?,33?,34?,35?/m0/s1. The lowest BCUT2D eigenvalue weighted by molar-refractivity contribution is -0.133. The molecule has 0 spiro atoms. The number of hydrazine groups is 1. The molecule has 2 heterocycles. The normalized spacial score (nSPS) is 24.5. The zero-order valence-corrected chi connectivity index (χ0v) is 26.3. The number of nitrogens with one attached hydrogen (secondary N) is 4. The molecule has 7 nitrogen and oxygen atoms in total. The highest BCUT2D eigenvalue weighted by Gasteiger charge is 2.52. The Labute approximate surface area is 258 Å². The Hall–Kier alpha value is -3.07. The molecule has 3 aromatic rings. The largest absolute Gasteiger partial charge is 0.349 e. The first kappa shape index (κ1) is 31.4. The third kappa shape index (κ3) is 7.72. The first-order valence-corrected chi connectivity index (χ1v) is 16.1. The predicted octanol–water partition coefficient (Wildman–Crippen LogP) is 4.85. The quantitative estimate of drug-likeness (QED) is 0.231. The van der Waals surface area contributed by atoms with Crippen LogP contribution in [0.25, 0.3) is 0 Å². The second-order valence-electron chi connectivity index (χ2n) is 12.4. The van der Waals surface area contributed by atoms with Crippen molar-refractivity contribution in [1.29, 1.82) is 0 Å². The van der Waals surface area contributed by atoms with Crippen LogP contribution in [0.1, 0.15) is 61.0 Å². The molecule has 7 heteroatoms. The van der Waals surface area contributed by atoms with Crippen molar-refractivity contribution in [3.63, 3.8) is 0 Å². The number of hydrogen-bond acceptors (Lipinski definition) is 6. The highest BCUT2D eigenvalue weighted by Crippen LogP contribution is 2.44. The van der Waals surface area contributed by atoms with Crippen LogP contribution in [0.15, 0.2) is 84.9 Å². The molecule has 2 aliphatic rings. The van der Waals surface area contributed by atoms with Gasteiger partial charge >= 0.3 is 0 Å². The molecule has 6 atom stereocenters. The zero-order chi connectivity index (χ0) is 30.2. The summed E-state index contributed by atoms with van der Waals surface area (Å²) in [6.07, 6.45) is 2.07. The Morgan fingerprint density at radius 2 is 1.74 bits per heavy atom. The molecule has 2 aliphatic heterocycles. The van der Waals surface area contributed by atoms with Gasteiger partial charge in [0.2, 0.25) is 5.91 Å². The molecular weight excluding hydrogens is 532 g/mol. The van der Waals surface area contributed by atoms with Gasteiger partial charge in [0.25, 0.3) is 0 Å². The molecule has 0 radical (unpaired) electrons. The van der Waals surface area contributed by atoms with E-state index >= 15 is 0 Å². The lowest BCUT2D eigenvalue weighted by Gasteiger charge is -2.47. The maximum atomic E-state index is 14.4. The van der Waals surface area contributed by atoms with Gasteiger partial charge in [0.05, 0.1) is 12.2 Å². The predicted molar refractivity (Wildman–Crippen MR) is 175 cm³/mol. The summed E-state index contributed by atoms with van der Waals surface area (Å²) in [7, 11) is 4.17.